The number of nitrogens with two attached hydrogens (primary N) is 1. The van der Waals surface area contributed by atoms with Crippen LogP contribution in [0, 0.1) is 0 Å². The van der Waals surface area contributed by atoms with E-state index in [1.807, 2.05) is 0 Å². The second kappa shape index (κ2) is 3.31. The molecule has 0 bridgehead atoms. The second-order valence-corrected chi connectivity index (χ2v) is 2.42. The van der Waals surface area contributed by atoms with E-state index in [-0.39, 0.29) is 12.2 Å². The Morgan fingerprint density at radius 3 is 2.62 bits per heavy atom. The van der Waals surface area contributed by atoms with E-state index in [1.165, 1.54) is 0 Å². The van der Waals surface area contributed by atoms with Crippen LogP contribution in [0.5, 0.6) is 5.88 Å². The number of nitrogens with one attached hydrogen (secondary N) is 1. The topological polar surface area (TPSA) is 121 Å². The van der Waals surface area contributed by atoms with Crippen LogP contribution in [0.25, 0.3) is 0 Å². The molecule has 1 heterocycles. The Hall–Kier alpha value is -1.76. The second-order valence-electron chi connectivity index (χ2n) is 2.42. The SMILES string of the molecule is NCc1[nH]c(=O)n(CC(=O)O)c1O. The molecule has 0 fully saturated rings. The summed E-state index contributed by atoms with van der Waals surface area (Å²) in [5.74, 6) is -1.63. The number of H-pyrrole nitrogens is 1. The quantitative estimate of drug-likeness (QED) is 0.455. The molecular weight excluding hydrogens is 178 g/mol. The predicted molar refractivity (Wildman–Crippen MR) is 42.2 cm³/mol. The molecule has 5 N–H and O–H groups in total. The highest BCUT2D eigenvalue weighted by Crippen LogP contribution is 2.10. The number of aromatic nitrogens is 2. The molecule has 13 heavy (non-hydrogen) atoms. The van der Waals surface area contributed by atoms with Crippen molar-refractivity contribution < 1.29 is 15.0 Å². The number of rotatable bonds is 3. The first kappa shape index (κ1) is 9.33. The highest BCUT2D eigenvalue weighted by atomic mass is 16.4. The molecule has 7 nitrogen and oxygen atoms in total. The van der Waals surface area contributed by atoms with Crippen molar-refractivity contribution in [3.8, 4) is 5.88 Å². The number of aliphatic carboxylic acids is 1. The molecule has 1 rings (SSSR count). The molecule has 7 heteroatoms. The third kappa shape index (κ3) is 1.70. The Bertz CT molecular complexity index is 378. The Kier molecular flexibility index (Phi) is 2.38. The van der Waals surface area contributed by atoms with Crippen molar-refractivity contribution in [3.05, 3.63) is 16.2 Å². The maximum atomic E-state index is 11.0. The lowest BCUT2D eigenvalue weighted by Gasteiger charge is -1.97. The van der Waals surface area contributed by atoms with Gasteiger partial charge in [-0.3, -0.25) is 9.36 Å². The summed E-state index contributed by atoms with van der Waals surface area (Å²) in [6, 6.07) is 0. The third-order valence-corrected chi connectivity index (χ3v) is 1.53. The number of hydrogen-bond donors (Lipinski definition) is 4. The fraction of sp³-hybridized carbons (Fsp3) is 0.333. The van der Waals surface area contributed by atoms with E-state index < -0.39 is 24.1 Å². The minimum absolute atomic E-state index is 0.0479. The summed E-state index contributed by atoms with van der Waals surface area (Å²) in [6.45, 7) is -0.630. The molecular formula is C6H9N3O4. The zero-order chi connectivity index (χ0) is 10.0. The highest BCUT2D eigenvalue weighted by molar-refractivity contribution is 5.66. The van der Waals surface area contributed by atoms with Crippen LogP contribution in [-0.2, 0) is 17.9 Å². The van der Waals surface area contributed by atoms with Crippen LogP contribution >= 0.6 is 0 Å². The van der Waals surface area contributed by atoms with Crippen LogP contribution in [0.1, 0.15) is 5.69 Å². The number of aromatic amines is 1. The van der Waals surface area contributed by atoms with Crippen LogP contribution < -0.4 is 11.4 Å². The molecule has 0 amide bonds. The number of carbonyl (C=O) groups is 1. The van der Waals surface area contributed by atoms with Crippen LogP contribution in [0.15, 0.2) is 4.79 Å². The maximum Gasteiger partial charge on any atom is 0.329 e. The first-order valence-corrected chi connectivity index (χ1v) is 3.48. The molecule has 0 aromatic carbocycles. The molecule has 0 saturated carbocycles. The van der Waals surface area contributed by atoms with Gasteiger partial charge < -0.3 is 20.9 Å². The van der Waals surface area contributed by atoms with Crippen molar-refractivity contribution in [1.82, 2.24) is 9.55 Å². The van der Waals surface area contributed by atoms with E-state index in [1.54, 1.807) is 0 Å². The van der Waals surface area contributed by atoms with Gasteiger partial charge in [0.25, 0.3) is 0 Å². The molecule has 0 spiro atoms. The monoisotopic (exact) mass is 187 g/mol. The van der Waals surface area contributed by atoms with Gasteiger partial charge in [0, 0.05) is 6.54 Å². The number of hydrogen-bond acceptors (Lipinski definition) is 4. The molecule has 0 aliphatic carbocycles. The van der Waals surface area contributed by atoms with Crippen LogP contribution in [0.3, 0.4) is 0 Å². The summed E-state index contributed by atoms with van der Waals surface area (Å²) in [5.41, 5.74) is 4.62. The van der Waals surface area contributed by atoms with Gasteiger partial charge in [-0.05, 0) is 0 Å². The van der Waals surface area contributed by atoms with Crippen molar-refractivity contribution in [2.24, 2.45) is 5.73 Å². The van der Waals surface area contributed by atoms with Crippen molar-refractivity contribution >= 4 is 5.97 Å². The number of imidazole rings is 1. The van der Waals surface area contributed by atoms with E-state index in [2.05, 4.69) is 4.98 Å². The molecule has 1 aromatic heterocycles. The van der Waals surface area contributed by atoms with Gasteiger partial charge in [0.2, 0.25) is 5.88 Å². The Labute approximate surface area is 72.4 Å². The molecule has 0 aliphatic rings. The minimum Gasteiger partial charge on any atom is -0.493 e. The van der Waals surface area contributed by atoms with Gasteiger partial charge in [0.05, 0.1) is 5.69 Å². The van der Waals surface area contributed by atoms with Crippen molar-refractivity contribution in [2.75, 3.05) is 0 Å². The summed E-state index contributed by atoms with van der Waals surface area (Å²) in [7, 11) is 0. The molecule has 1 aromatic rings. The highest BCUT2D eigenvalue weighted by Gasteiger charge is 2.13. The lowest BCUT2D eigenvalue weighted by Crippen LogP contribution is -2.21. The molecule has 0 saturated heterocycles. The summed E-state index contributed by atoms with van der Waals surface area (Å²) >= 11 is 0. The van der Waals surface area contributed by atoms with E-state index >= 15 is 0 Å². The van der Waals surface area contributed by atoms with Gasteiger partial charge in [-0.1, -0.05) is 0 Å². The van der Waals surface area contributed by atoms with Gasteiger partial charge in [-0.15, -0.1) is 0 Å². The van der Waals surface area contributed by atoms with Crippen molar-refractivity contribution in [2.45, 2.75) is 13.1 Å². The minimum atomic E-state index is -1.21. The first-order valence-electron chi connectivity index (χ1n) is 3.48. The van der Waals surface area contributed by atoms with Crippen molar-refractivity contribution in [1.29, 1.82) is 0 Å². The zero-order valence-corrected chi connectivity index (χ0v) is 6.65. The van der Waals surface area contributed by atoms with Crippen LogP contribution in [0.2, 0.25) is 0 Å². The number of nitrogens with zero attached hydrogens (tertiary/aromatic N) is 1. The molecule has 0 aliphatic heterocycles. The molecule has 0 radical (unpaired) electrons. The molecule has 72 valence electrons. The van der Waals surface area contributed by atoms with Gasteiger partial charge in [0.15, 0.2) is 0 Å². The van der Waals surface area contributed by atoms with E-state index in [0.717, 1.165) is 0 Å². The van der Waals surface area contributed by atoms with Gasteiger partial charge >= 0.3 is 11.7 Å². The molecule has 0 unspecified atom stereocenters. The van der Waals surface area contributed by atoms with E-state index in [9.17, 15) is 14.7 Å². The normalized spacial score (nSPS) is 10.2. The first-order chi connectivity index (χ1) is 6.06. The van der Waals surface area contributed by atoms with Crippen LogP contribution in [0.4, 0.5) is 0 Å². The average molecular weight is 187 g/mol. The lowest BCUT2D eigenvalue weighted by atomic mass is 10.4. The summed E-state index contributed by atoms with van der Waals surface area (Å²) in [6.07, 6.45) is 0. The third-order valence-electron chi connectivity index (χ3n) is 1.53. The zero-order valence-electron chi connectivity index (χ0n) is 6.65. The van der Waals surface area contributed by atoms with E-state index in [4.69, 9.17) is 10.8 Å². The Morgan fingerprint density at radius 2 is 2.23 bits per heavy atom. The average Bonchev–Trinajstić information content (AvgIpc) is 2.31. The fourth-order valence-corrected chi connectivity index (χ4v) is 0.936. The number of carboxylic acids is 1. The van der Waals surface area contributed by atoms with Crippen molar-refractivity contribution in [3.63, 3.8) is 0 Å². The summed E-state index contributed by atoms with van der Waals surface area (Å²) in [5, 5.41) is 17.6. The predicted octanol–water partition coefficient (Wildman–Crippen LogP) is -1.57. The van der Waals surface area contributed by atoms with Gasteiger partial charge in [-0.25, -0.2) is 4.79 Å². The summed E-state index contributed by atoms with van der Waals surface area (Å²) in [4.78, 5) is 23.5. The number of aromatic hydroxyl groups is 1. The maximum absolute atomic E-state index is 11.0. The van der Waals surface area contributed by atoms with Crippen LogP contribution in [-0.4, -0.2) is 25.7 Å². The largest absolute Gasteiger partial charge is 0.493 e. The number of carboxylic acid groups (broad SMARTS) is 1. The fourth-order valence-electron chi connectivity index (χ4n) is 0.936. The molecule has 0 atom stereocenters. The smallest absolute Gasteiger partial charge is 0.329 e. The van der Waals surface area contributed by atoms with E-state index in [0.29, 0.717) is 4.57 Å². The summed E-state index contributed by atoms with van der Waals surface area (Å²) < 4.78 is 0.699. The van der Waals surface area contributed by atoms with Gasteiger partial charge in [0.1, 0.15) is 6.54 Å². The lowest BCUT2D eigenvalue weighted by molar-refractivity contribution is -0.137. The Morgan fingerprint density at radius 1 is 1.62 bits per heavy atom. The Balaban J connectivity index is 3.13. The van der Waals surface area contributed by atoms with Gasteiger partial charge in [-0.2, -0.15) is 0 Å². The standard InChI is InChI=1S/C6H9N3O4/c7-1-3-5(12)9(2-4(10)11)6(13)8-3/h12H,1-2,7H2,(H,8,13)(H,10,11).